The quantitative estimate of drug-likeness (QED) is 0.853. The Balaban J connectivity index is 1.88. The Morgan fingerprint density at radius 1 is 1.25 bits per heavy atom. The molecule has 3 N–H and O–H groups in total. The molecule has 1 aromatic rings. The second-order valence-electron chi connectivity index (χ2n) is 7.16. The van der Waals surface area contributed by atoms with Gasteiger partial charge in [0.2, 0.25) is 10.0 Å². The van der Waals surface area contributed by atoms with Crippen molar-refractivity contribution in [2.45, 2.75) is 62.5 Å². The molecule has 2 aliphatic rings. The molecule has 6 nitrogen and oxygen atoms in total. The summed E-state index contributed by atoms with van der Waals surface area (Å²) in [5, 5.41) is -0.793. The van der Waals surface area contributed by atoms with Gasteiger partial charge in [-0.3, -0.25) is 0 Å². The Morgan fingerprint density at radius 3 is 2.58 bits per heavy atom. The maximum absolute atomic E-state index is 12.8. The number of benzene rings is 1. The van der Waals surface area contributed by atoms with Gasteiger partial charge in [-0.05, 0) is 45.1 Å². The predicted octanol–water partition coefficient (Wildman–Crippen LogP) is 2.08. The van der Waals surface area contributed by atoms with E-state index < -0.39 is 20.9 Å². The summed E-state index contributed by atoms with van der Waals surface area (Å²) in [6, 6.07) is 9.34. The predicted molar refractivity (Wildman–Crippen MR) is 94.1 cm³/mol. The molecule has 0 bridgehead atoms. The summed E-state index contributed by atoms with van der Waals surface area (Å²) in [5.41, 5.74) is 5.77. The van der Waals surface area contributed by atoms with Gasteiger partial charge in [-0.15, -0.1) is 0 Å². The smallest absolute Gasteiger partial charge is 0.299 e. The zero-order valence-electron chi connectivity index (χ0n) is 14.1. The van der Waals surface area contributed by atoms with E-state index in [4.69, 9.17) is 10.5 Å². The maximum atomic E-state index is 12.8. The zero-order valence-corrected chi connectivity index (χ0v) is 14.9. The largest absolute Gasteiger partial charge is 0.457 e. The van der Waals surface area contributed by atoms with E-state index in [0.717, 1.165) is 25.7 Å². The molecule has 1 aliphatic heterocycles. The molecule has 0 amide bonds. The number of nitrogens with two attached hydrogens (primary N) is 1. The SMILES string of the molecule is CC1(C)OC(=N[C@@H]2CCC[C@@H](N)C2)NS(=O)(=O)C1c1ccccc1. The van der Waals surface area contributed by atoms with E-state index >= 15 is 0 Å². The van der Waals surface area contributed by atoms with E-state index in [1.165, 1.54) is 0 Å². The van der Waals surface area contributed by atoms with Crippen molar-refractivity contribution in [2.24, 2.45) is 10.7 Å². The zero-order chi connectivity index (χ0) is 17.4. The molecule has 1 aromatic carbocycles. The van der Waals surface area contributed by atoms with Crippen LogP contribution in [-0.4, -0.2) is 32.1 Å². The minimum atomic E-state index is -3.63. The third-order valence-electron chi connectivity index (χ3n) is 4.62. The van der Waals surface area contributed by atoms with Crippen molar-refractivity contribution in [3.8, 4) is 0 Å². The average Bonchev–Trinajstić information content (AvgIpc) is 2.45. The minimum Gasteiger partial charge on any atom is -0.457 e. The highest BCUT2D eigenvalue weighted by Gasteiger charge is 2.48. The summed E-state index contributed by atoms with van der Waals surface area (Å²) in [5.74, 6) is 0. The highest BCUT2D eigenvalue weighted by molar-refractivity contribution is 7.90. The number of rotatable bonds is 2. The highest BCUT2D eigenvalue weighted by Crippen LogP contribution is 2.38. The van der Waals surface area contributed by atoms with E-state index in [1.54, 1.807) is 26.0 Å². The lowest BCUT2D eigenvalue weighted by Gasteiger charge is -2.39. The number of hydrogen-bond acceptors (Lipinski definition) is 5. The van der Waals surface area contributed by atoms with Crippen LogP contribution < -0.4 is 10.5 Å². The summed E-state index contributed by atoms with van der Waals surface area (Å²) in [4.78, 5) is 4.49. The van der Waals surface area contributed by atoms with Gasteiger partial charge < -0.3 is 10.5 Å². The third-order valence-corrected chi connectivity index (χ3v) is 6.54. The van der Waals surface area contributed by atoms with E-state index in [-0.39, 0.29) is 18.1 Å². The van der Waals surface area contributed by atoms with Crippen LogP contribution in [0.4, 0.5) is 0 Å². The summed E-state index contributed by atoms with van der Waals surface area (Å²) >= 11 is 0. The Kier molecular flexibility index (Phi) is 4.57. The molecule has 132 valence electrons. The van der Waals surface area contributed by atoms with Crippen LogP contribution in [0.3, 0.4) is 0 Å². The van der Waals surface area contributed by atoms with Crippen LogP contribution in [-0.2, 0) is 14.8 Å². The molecule has 7 heteroatoms. The number of sulfonamides is 1. The van der Waals surface area contributed by atoms with Crippen LogP contribution in [0.1, 0.15) is 50.3 Å². The molecule has 0 spiro atoms. The van der Waals surface area contributed by atoms with E-state index in [0.29, 0.717) is 5.56 Å². The second-order valence-corrected chi connectivity index (χ2v) is 8.92. The first-order valence-electron chi connectivity index (χ1n) is 8.37. The third kappa shape index (κ3) is 3.57. The van der Waals surface area contributed by atoms with Crippen LogP contribution >= 0.6 is 0 Å². The molecule has 1 saturated heterocycles. The molecule has 1 saturated carbocycles. The van der Waals surface area contributed by atoms with Crippen molar-refractivity contribution in [1.82, 2.24) is 4.72 Å². The molecule has 3 rings (SSSR count). The molecule has 0 aromatic heterocycles. The van der Waals surface area contributed by atoms with E-state index in [9.17, 15) is 8.42 Å². The summed E-state index contributed by atoms with van der Waals surface area (Å²) in [6.07, 6.45) is 3.67. The molecule has 1 unspecified atom stereocenters. The molecule has 1 aliphatic carbocycles. The molecule has 24 heavy (non-hydrogen) atoms. The second kappa shape index (κ2) is 6.37. The van der Waals surface area contributed by atoms with Gasteiger partial charge in [0.25, 0.3) is 6.02 Å². The van der Waals surface area contributed by atoms with Crippen molar-refractivity contribution in [2.75, 3.05) is 0 Å². The average molecular weight is 351 g/mol. The molecule has 0 radical (unpaired) electrons. The Hall–Kier alpha value is -1.60. The first-order chi connectivity index (χ1) is 11.3. The number of hydrogen-bond donors (Lipinski definition) is 2. The van der Waals surface area contributed by atoms with Crippen molar-refractivity contribution < 1.29 is 13.2 Å². The first kappa shape index (κ1) is 17.2. The lowest BCUT2D eigenvalue weighted by atomic mass is 9.92. The molecular formula is C17H25N3O3S. The molecule has 1 heterocycles. The highest BCUT2D eigenvalue weighted by atomic mass is 32.2. The van der Waals surface area contributed by atoms with Crippen molar-refractivity contribution in [3.05, 3.63) is 35.9 Å². The maximum Gasteiger partial charge on any atom is 0.299 e. The van der Waals surface area contributed by atoms with Crippen LogP contribution in [0, 0.1) is 0 Å². The molecule has 3 atom stereocenters. The summed E-state index contributed by atoms with van der Waals surface area (Å²) < 4.78 is 34.1. The molecular weight excluding hydrogens is 326 g/mol. The van der Waals surface area contributed by atoms with Gasteiger partial charge in [0.15, 0.2) is 0 Å². The van der Waals surface area contributed by atoms with Crippen molar-refractivity contribution in [3.63, 3.8) is 0 Å². The van der Waals surface area contributed by atoms with Crippen LogP contribution in [0.2, 0.25) is 0 Å². The fourth-order valence-corrected chi connectivity index (χ4v) is 5.39. The van der Waals surface area contributed by atoms with Gasteiger partial charge in [0.1, 0.15) is 10.9 Å². The Morgan fingerprint density at radius 2 is 1.96 bits per heavy atom. The number of ether oxygens (including phenoxy) is 1. The fourth-order valence-electron chi connectivity index (χ4n) is 3.62. The normalized spacial score (nSPS) is 33.5. The standard InChI is InChI=1S/C17H25N3O3S/c1-17(2)15(12-7-4-3-5-8-12)24(21,22)20-16(23-17)19-14-10-6-9-13(18)11-14/h3-5,7-8,13-15H,6,9-11,18H2,1-2H3,(H,19,20)/t13-,14-,15?/m1/s1. The monoisotopic (exact) mass is 351 g/mol. The number of nitrogens with zero attached hydrogens (tertiary/aromatic N) is 1. The lowest BCUT2D eigenvalue weighted by Crippen LogP contribution is -2.54. The van der Waals surface area contributed by atoms with E-state index in [1.807, 2.05) is 18.2 Å². The number of nitrogens with one attached hydrogen (secondary N) is 1. The van der Waals surface area contributed by atoms with Gasteiger partial charge in [-0.25, -0.2) is 18.1 Å². The van der Waals surface area contributed by atoms with Crippen molar-refractivity contribution in [1.29, 1.82) is 0 Å². The van der Waals surface area contributed by atoms with Gasteiger partial charge in [0, 0.05) is 6.04 Å². The van der Waals surface area contributed by atoms with Gasteiger partial charge in [-0.1, -0.05) is 30.3 Å². The number of amidine groups is 1. The van der Waals surface area contributed by atoms with Gasteiger partial charge in [0.05, 0.1) is 6.04 Å². The van der Waals surface area contributed by atoms with Crippen molar-refractivity contribution >= 4 is 16.0 Å². The van der Waals surface area contributed by atoms with Crippen LogP contribution in [0.15, 0.2) is 35.3 Å². The Labute approximate surface area is 143 Å². The fraction of sp³-hybridized carbons (Fsp3) is 0.588. The first-order valence-corrected chi connectivity index (χ1v) is 9.91. The number of aliphatic imine (C=N–C) groups is 1. The Bertz CT molecular complexity index is 716. The summed E-state index contributed by atoms with van der Waals surface area (Å²) in [6.45, 7) is 3.57. The summed E-state index contributed by atoms with van der Waals surface area (Å²) in [7, 11) is -3.63. The lowest BCUT2D eigenvalue weighted by molar-refractivity contribution is 0.0757. The van der Waals surface area contributed by atoms with Gasteiger partial charge >= 0.3 is 0 Å². The van der Waals surface area contributed by atoms with Crippen LogP contribution in [0.5, 0.6) is 0 Å². The molecule has 2 fully saturated rings. The topological polar surface area (TPSA) is 93.8 Å². The van der Waals surface area contributed by atoms with E-state index in [2.05, 4.69) is 9.71 Å². The van der Waals surface area contributed by atoms with Gasteiger partial charge in [-0.2, -0.15) is 0 Å². The van der Waals surface area contributed by atoms with Crippen LogP contribution in [0.25, 0.3) is 0 Å². The minimum absolute atomic E-state index is 0.00975.